The van der Waals surface area contributed by atoms with Gasteiger partial charge < -0.3 is 9.57 Å². The highest BCUT2D eigenvalue weighted by Crippen LogP contribution is 2.30. The quantitative estimate of drug-likeness (QED) is 0.638. The number of hydrogen-bond donors (Lipinski definition) is 1. The lowest BCUT2D eigenvalue weighted by Crippen LogP contribution is -2.17. The van der Waals surface area contributed by atoms with Crippen LogP contribution in [-0.4, -0.2) is 43.5 Å². The average Bonchev–Trinajstić information content (AvgIpc) is 3.30. The zero-order valence-corrected chi connectivity index (χ0v) is 17.0. The summed E-state index contributed by atoms with van der Waals surface area (Å²) in [5, 5.41) is 1.60. The van der Waals surface area contributed by atoms with Gasteiger partial charge in [0, 0.05) is 11.8 Å². The molecule has 0 amide bonds. The highest BCUT2D eigenvalue weighted by molar-refractivity contribution is 7.92. The molecular weight excluding hydrogens is 408 g/mol. The Morgan fingerprint density at radius 2 is 1.97 bits per heavy atom. The Bertz CT molecular complexity index is 1190. The number of anilines is 2. The van der Waals surface area contributed by atoms with Crippen LogP contribution in [0.5, 0.6) is 5.88 Å². The van der Waals surface area contributed by atoms with Gasteiger partial charge in [0.1, 0.15) is 11.6 Å². The van der Waals surface area contributed by atoms with E-state index in [4.69, 9.17) is 9.57 Å². The van der Waals surface area contributed by atoms with Crippen LogP contribution < -0.4 is 14.5 Å². The molecule has 30 heavy (non-hydrogen) atoms. The second-order valence-electron chi connectivity index (χ2n) is 6.29. The Labute approximate surface area is 173 Å². The fourth-order valence-corrected chi connectivity index (χ4v) is 4.02. The number of aryl methyl sites for hydroxylation is 1. The second-order valence-corrected chi connectivity index (χ2v) is 7.94. The Balaban J connectivity index is 1.67. The van der Waals surface area contributed by atoms with Crippen molar-refractivity contribution >= 4 is 27.9 Å². The van der Waals surface area contributed by atoms with E-state index in [1.54, 1.807) is 42.3 Å². The molecule has 3 heterocycles. The summed E-state index contributed by atoms with van der Waals surface area (Å²) in [7, 11) is -2.62. The molecule has 0 saturated carbocycles. The number of aromatic nitrogens is 3. The van der Waals surface area contributed by atoms with Gasteiger partial charge in [-0.3, -0.25) is 9.71 Å². The Kier molecular flexibility index (Phi) is 5.19. The van der Waals surface area contributed by atoms with Crippen LogP contribution in [-0.2, 0) is 14.9 Å². The molecule has 0 spiro atoms. The molecular formula is C19H18N6O4S. The van der Waals surface area contributed by atoms with Gasteiger partial charge in [-0.15, -0.1) is 0 Å². The van der Waals surface area contributed by atoms with Gasteiger partial charge in [0.25, 0.3) is 15.9 Å². The lowest BCUT2D eigenvalue weighted by atomic mass is 10.1. The number of hydroxylamine groups is 1. The summed E-state index contributed by atoms with van der Waals surface area (Å²) >= 11 is 0. The van der Waals surface area contributed by atoms with Gasteiger partial charge in [-0.25, -0.2) is 23.4 Å². The van der Waals surface area contributed by atoms with E-state index < -0.39 is 10.0 Å². The van der Waals surface area contributed by atoms with Crippen molar-refractivity contribution in [2.75, 3.05) is 23.6 Å². The molecule has 2 aromatic heterocycles. The number of ether oxygens (including phenoxy) is 1. The van der Waals surface area contributed by atoms with Crippen molar-refractivity contribution < 1.29 is 18.0 Å². The van der Waals surface area contributed by atoms with E-state index >= 15 is 0 Å². The lowest BCUT2D eigenvalue weighted by molar-refractivity contribution is 0.311. The molecule has 0 unspecified atom stereocenters. The molecule has 0 fully saturated rings. The normalized spacial score (nSPS) is 13.2. The average molecular weight is 426 g/mol. The van der Waals surface area contributed by atoms with Gasteiger partial charge >= 0.3 is 0 Å². The maximum Gasteiger partial charge on any atom is 0.265 e. The highest BCUT2D eigenvalue weighted by atomic mass is 32.2. The molecule has 11 heteroatoms. The highest BCUT2D eigenvalue weighted by Gasteiger charge is 2.23. The minimum atomic E-state index is -4.01. The maximum absolute atomic E-state index is 13.1. The van der Waals surface area contributed by atoms with Crippen LogP contribution in [0.3, 0.4) is 0 Å². The molecule has 0 aliphatic carbocycles. The van der Waals surface area contributed by atoms with E-state index in [2.05, 4.69) is 24.7 Å². The number of aliphatic imine (C=N–C) groups is 1. The molecule has 0 radical (unpaired) electrons. The molecule has 0 saturated heterocycles. The third-order valence-electron chi connectivity index (χ3n) is 4.23. The summed E-state index contributed by atoms with van der Waals surface area (Å²) in [4.78, 5) is 21.8. The topological polar surface area (TPSA) is 119 Å². The van der Waals surface area contributed by atoms with Gasteiger partial charge in [-0.2, -0.15) is 5.06 Å². The van der Waals surface area contributed by atoms with Crippen LogP contribution in [0.2, 0.25) is 0 Å². The Morgan fingerprint density at radius 1 is 1.17 bits per heavy atom. The predicted molar refractivity (Wildman–Crippen MR) is 111 cm³/mol. The van der Waals surface area contributed by atoms with Crippen molar-refractivity contribution in [1.29, 1.82) is 0 Å². The van der Waals surface area contributed by atoms with Crippen LogP contribution in [0.15, 0.2) is 58.7 Å². The summed E-state index contributed by atoms with van der Waals surface area (Å²) in [6.07, 6.45) is 4.35. The van der Waals surface area contributed by atoms with E-state index in [0.717, 1.165) is 5.69 Å². The second kappa shape index (κ2) is 7.95. The standard InChI is InChI=1S/C19H18N6O4S/c1-13-10-22-18(19(23-13)28-2)24-30(26,27)16-4-3-9-21-17(16)14-5-7-15(8-6-14)25-11-20-12-29-25/h3-10,12H,11H2,1-2H3,(H,22,24). The van der Waals surface area contributed by atoms with Gasteiger partial charge in [0.05, 0.1) is 30.4 Å². The SMILES string of the molecule is COc1nc(C)cnc1NS(=O)(=O)c1cccnc1-c1ccc(N2CN=CO2)cc1. The number of rotatable bonds is 6. The van der Waals surface area contributed by atoms with Gasteiger partial charge in [-0.05, 0) is 31.2 Å². The third kappa shape index (κ3) is 3.87. The smallest absolute Gasteiger partial charge is 0.265 e. The molecule has 1 aliphatic rings. The van der Waals surface area contributed by atoms with E-state index in [0.29, 0.717) is 23.6 Å². The Hall–Kier alpha value is -3.73. The first kappa shape index (κ1) is 19.6. The van der Waals surface area contributed by atoms with E-state index in [-0.39, 0.29) is 16.6 Å². The van der Waals surface area contributed by atoms with Crippen LogP contribution in [0, 0.1) is 6.92 Å². The number of nitrogens with one attached hydrogen (secondary N) is 1. The molecule has 1 N–H and O–H groups in total. The number of benzene rings is 1. The zero-order chi connectivity index (χ0) is 21.1. The number of hydrogen-bond acceptors (Lipinski definition) is 9. The molecule has 4 rings (SSSR count). The van der Waals surface area contributed by atoms with E-state index in [1.165, 1.54) is 32.0 Å². The molecule has 1 aliphatic heterocycles. The fraction of sp³-hybridized carbons (Fsp3) is 0.158. The largest absolute Gasteiger partial charge is 0.478 e. The monoisotopic (exact) mass is 426 g/mol. The van der Waals surface area contributed by atoms with Crippen LogP contribution in [0.4, 0.5) is 11.5 Å². The molecule has 3 aromatic rings. The van der Waals surface area contributed by atoms with Crippen molar-refractivity contribution in [3.05, 3.63) is 54.5 Å². The first-order chi connectivity index (χ1) is 14.5. The maximum atomic E-state index is 13.1. The number of pyridine rings is 1. The number of methoxy groups -OCH3 is 1. The molecule has 10 nitrogen and oxygen atoms in total. The van der Waals surface area contributed by atoms with Gasteiger partial charge in [0.2, 0.25) is 12.2 Å². The lowest BCUT2D eigenvalue weighted by Gasteiger charge is -2.16. The van der Waals surface area contributed by atoms with Crippen LogP contribution >= 0.6 is 0 Å². The van der Waals surface area contributed by atoms with Crippen molar-refractivity contribution in [1.82, 2.24) is 15.0 Å². The molecule has 0 atom stereocenters. The predicted octanol–water partition coefficient (Wildman–Crippen LogP) is 2.39. The summed E-state index contributed by atoms with van der Waals surface area (Å²) in [5.74, 6) is 0.0839. The minimum absolute atomic E-state index is 0.000525. The minimum Gasteiger partial charge on any atom is -0.478 e. The Morgan fingerprint density at radius 3 is 2.67 bits per heavy atom. The first-order valence-corrected chi connectivity index (χ1v) is 10.3. The summed E-state index contributed by atoms with van der Waals surface area (Å²) in [6, 6.07) is 10.2. The van der Waals surface area contributed by atoms with Crippen LogP contribution in [0.1, 0.15) is 5.69 Å². The molecule has 0 bridgehead atoms. The third-order valence-corrected chi connectivity index (χ3v) is 5.60. The molecule has 154 valence electrons. The first-order valence-electron chi connectivity index (χ1n) is 8.86. The zero-order valence-electron chi connectivity index (χ0n) is 16.2. The van der Waals surface area contributed by atoms with Crippen molar-refractivity contribution in [3.63, 3.8) is 0 Å². The molecule has 1 aromatic carbocycles. The number of sulfonamides is 1. The van der Waals surface area contributed by atoms with Crippen molar-refractivity contribution in [3.8, 4) is 17.1 Å². The summed E-state index contributed by atoms with van der Waals surface area (Å²) in [6.45, 7) is 2.13. The summed E-state index contributed by atoms with van der Waals surface area (Å²) in [5.41, 5.74) is 2.31. The van der Waals surface area contributed by atoms with Crippen LogP contribution in [0.25, 0.3) is 11.3 Å². The van der Waals surface area contributed by atoms with E-state index in [9.17, 15) is 8.42 Å². The van der Waals surface area contributed by atoms with Gasteiger partial charge in [-0.1, -0.05) is 12.1 Å². The fourth-order valence-electron chi connectivity index (χ4n) is 2.83. The number of nitrogens with zero attached hydrogens (tertiary/aromatic N) is 5. The van der Waals surface area contributed by atoms with Crippen molar-refractivity contribution in [2.24, 2.45) is 4.99 Å². The van der Waals surface area contributed by atoms with Gasteiger partial charge in [0.15, 0.2) is 0 Å². The van der Waals surface area contributed by atoms with E-state index in [1.807, 2.05) is 0 Å². The van der Waals surface area contributed by atoms with Crippen molar-refractivity contribution in [2.45, 2.75) is 11.8 Å². The summed E-state index contributed by atoms with van der Waals surface area (Å²) < 4.78 is 33.8.